The largest absolute Gasteiger partial charge is 0.496 e. The van der Waals surface area contributed by atoms with Gasteiger partial charge in [0.05, 0.1) is 12.7 Å². The highest BCUT2D eigenvalue weighted by atomic mass is 16.7. The average molecular weight is 512 g/mol. The third kappa shape index (κ3) is 4.87. The first-order valence-electron chi connectivity index (χ1n) is 13.5. The van der Waals surface area contributed by atoms with Crippen LogP contribution in [0.2, 0.25) is 0 Å². The minimum absolute atomic E-state index is 0.147. The maximum absolute atomic E-state index is 12.8. The van der Waals surface area contributed by atoms with Gasteiger partial charge < -0.3 is 14.3 Å². The van der Waals surface area contributed by atoms with E-state index in [0.29, 0.717) is 16.9 Å². The Balaban J connectivity index is 1.09. The van der Waals surface area contributed by atoms with E-state index in [9.17, 15) is 9.59 Å². The third-order valence-electron chi connectivity index (χ3n) is 8.64. The molecule has 38 heavy (non-hydrogen) atoms. The lowest BCUT2D eigenvalue weighted by Gasteiger charge is -2.57. The van der Waals surface area contributed by atoms with Gasteiger partial charge in [-0.15, -0.1) is 0 Å². The summed E-state index contributed by atoms with van der Waals surface area (Å²) in [5, 5.41) is 0. The van der Waals surface area contributed by atoms with Crippen LogP contribution in [0, 0.1) is 17.8 Å². The summed E-state index contributed by atoms with van der Waals surface area (Å²) in [7, 11) is 1.72. The standard InChI is InChI=1S/C32H33NO5/c1-36-29-12-11-27(16-28(29)32-17-22-13-23(18-32)15-24(14-22)19-32)38-33-30(34)25-7-9-26(10-8-25)31(35)37-20-21-5-3-2-4-6-21/h2-12,16,22-24H,13-15,17-20H2,1H3,(H,33,34). The van der Waals surface area contributed by atoms with Gasteiger partial charge in [-0.2, -0.15) is 5.48 Å². The molecule has 1 amide bonds. The molecule has 0 unspecified atom stereocenters. The van der Waals surface area contributed by atoms with Gasteiger partial charge in [0, 0.05) is 11.1 Å². The molecule has 6 heteroatoms. The molecule has 0 atom stereocenters. The van der Waals surface area contributed by atoms with Gasteiger partial charge in [0.1, 0.15) is 12.4 Å². The molecular weight excluding hydrogens is 478 g/mol. The molecule has 0 saturated heterocycles. The number of ether oxygens (including phenoxy) is 2. The Kier molecular flexibility index (Phi) is 6.56. The first-order chi connectivity index (χ1) is 18.5. The van der Waals surface area contributed by atoms with E-state index in [-0.39, 0.29) is 17.9 Å². The number of carbonyl (C=O) groups excluding carboxylic acids is 2. The van der Waals surface area contributed by atoms with Crippen LogP contribution in [0.3, 0.4) is 0 Å². The van der Waals surface area contributed by atoms with Crippen molar-refractivity contribution in [1.82, 2.24) is 5.48 Å². The number of amides is 1. The quantitative estimate of drug-likeness (QED) is 0.286. The van der Waals surface area contributed by atoms with Crippen LogP contribution in [-0.4, -0.2) is 19.0 Å². The number of methoxy groups -OCH3 is 1. The van der Waals surface area contributed by atoms with Gasteiger partial charge in [-0.3, -0.25) is 4.79 Å². The molecule has 4 aliphatic carbocycles. The zero-order chi connectivity index (χ0) is 26.1. The Morgan fingerprint density at radius 1 is 0.842 bits per heavy atom. The molecule has 1 N–H and O–H groups in total. The highest BCUT2D eigenvalue weighted by molar-refractivity contribution is 5.95. The summed E-state index contributed by atoms with van der Waals surface area (Å²) >= 11 is 0. The average Bonchev–Trinajstić information content (AvgIpc) is 2.94. The van der Waals surface area contributed by atoms with Crippen LogP contribution in [0.25, 0.3) is 0 Å². The SMILES string of the molecule is COc1ccc(ONC(=O)c2ccc(C(=O)OCc3ccccc3)cc2)cc1C12CC3CC(CC(C3)C1)C2. The van der Waals surface area contributed by atoms with Crippen LogP contribution < -0.4 is 15.1 Å². The maximum atomic E-state index is 12.8. The van der Waals surface area contributed by atoms with E-state index in [0.717, 1.165) is 29.1 Å². The summed E-state index contributed by atoms with van der Waals surface area (Å²) in [6.45, 7) is 0.197. The molecule has 4 saturated carbocycles. The van der Waals surface area contributed by atoms with Crippen LogP contribution in [0.4, 0.5) is 0 Å². The normalized spacial score (nSPS) is 25.0. The molecule has 0 aromatic heterocycles. The van der Waals surface area contributed by atoms with Gasteiger partial charge in [0.2, 0.25) is 0 Å². The van der Waals surface area contributed by atoms with E-state index < -0.39 is 5.97 Å². The monoisotopic (exact) mass is 511 g/mol. The van der Waals surface area contributed by atoms with E-state index in [2.05, 4.69) is 11.5 Å². The molecule has 4 aliphatic rings. The second-order valence-electron chi connectivity index (χ2n) is 11.2. The van der Waals surface area contributed by atoms with Crippen LogP contribution in [0.5, 0.6) is 11.5 Å². The van der Waals surface area contributed by atoms with Crippen molar-refractivity contribution in [3.63, 3.8) is 0 Å². The van der Waals surface area contributed by atoms with Crippen molar-refractivity contribution >= 4 is 11.9 Å². The van der Waals surface area contributed by atoms with Crippen molar-refractivity contribution < 1.29 is 23.9 Å². The summed E-state index contributed by atoms with van der Waals surface area (Å²) < 4.78 is 11.1. The van der Waals surface area contributed by atoms with Crippen molar-refractivity contribution in [2.45, 2.75) is 50.5 Å². The number of hydroxylamine groups is 1. The second-order valence-corrected chi connectivity index (χ2v) is 11.2. The predicted molar refractivity (Wildman–Crippen MR) is 143 cm³/mol. The van der Waals surface area contributed by atoms with E-state index in [1.165, 1.54) is 44.1 Å². The van der Waals surface area contributed by atoms with Gasteiger partial charge >= 0.3 is 5.97 Å². The van der Waals surface area contributed by atoms with Crippen LogP contribution in [0.1, 0.15) is 70.4 Å². The number of benzene rings is 3. The molecule has 0 spiro atoms. The number of hydrogen-bond acceptors (Lipinski definition) is 5. The third-order valence-corrected chi connectivity index (χ3v) is 8.64. The van der Waals surface area contributed by atoms with Gasteiger partial charge in [0.15, 0.2) is 5.75 Å². The fraction of sp³-hybridized carbons (Fsp3) is 0.375. The Bertz CT molecular complexity index is 1280. The lowest BCUT2D eigenvalue weighted by atomic mass is 9.48. The molecule has 7 rings (SSSR count). The van der Waals surface area contributed by atoms with Crippen LogP contribution >= 0.6 is 0 Å². The molecule has 0 aliphatic heterocycles. The minimum atomic E-state index is -0.438. The van der Waals surface area contributed by atoms with Crippen molar-refractivity contribution in [3.05, 3.63) is 95.1 Å². The second kappa shape index (κ2) is 10.2. The lowest BCUT2D eigenvalue weighted by Crippen LogP contribution is -2.48. The van der Waals surface area contributed by atoms with Crippen molar-refractivity contribution in [3.8, 4) is 11.5 Å². The Morgan fingerprint density at radius 3 is 2.11 bits per heavy atom. The molecule has 4 bridgehead atoms. The highest BCUT2D eigenvalue weighted by Gasteiger charge is 2.52. The van der Waals surface area contributed by atoms with Crippen molar-refractivity contribution in [1.29, 1.82) is 0 Å². The zero-order valence-corrected chi connectivity index (χ0v) is 21.7. The summed E-state index contributed by atoms with van der Waals surface area (Å²) in [5.41, 5.74) is 5.60. The summed E-state index contributed by atoms with van der Waals surface area (Å²) in [4.78, 5) is 30.9. The van der Waals surface area contributed by atoms with Gasteiger partial charge in [-0.25, -0.2) is 4.79 Å². The first kappa shape index (κ1) is 24.5. The number of nitrogens with one attached hydrogen (secondary N) is 1. The zero-order valence-electron chi connectivity index (χ0n) is 21.7. The highest BCUT2D eigenvalue weighted by Crippen LogP contribution is 2.62. The van der Waals surface area contributed by atoms with E-state index in [4.69, 9.17) is 14.3 Å². The summed E-state index contributed by atoms with van der Waals surface area (Å²) in [6.07, 6.45) is 7.76. The smallest absolute Gasteiger partial charge is 0.338 e. The Labute approximate surface area is 223 Å². The van der Waals surface area contributed by atoms with E-state index in [1.807, 2.05) is 42.5 Å². The first-order valence-corrected chi connectivity index (χ1v) is 13.5. The molecule has 4 fully saturated rings. The van der Waals surface area contributed by atoms with Crippen LogP contribution in [-0.2, 0) is 16.8 Å². The number of esters is 1. The topological polar surface area (TPSA) is 73.9 Å². The van der Waals surface area contributed by atoms with E-state index >= 15 is 0 Å². The molecule has 0 heterocycles. The van der Waals surface area contributed by atoms with Gasteiger partial charge in [0.25, 0.3) is 5.91 Å². The fourth-order valence-electron chi connectivity index (χ4n) is 7.33. The summed E-state index contributed by atoms with van der Waals surface area (Å²) in [5.74, 6) is 3.11. The summed E-state index contributed by atoms with van der Waals surface area (Å²) in [6, 6.07) is 21.7. The molecule has 3 aromatic rings. The minimum Gasteiger partial charge on any atom is -0.496 e. The van der Waals surface area contributed by atoms with E-state index in [1.54, 1.807) is 31.4 Å². The van der Waals surface area contributed by atoms with Crippen molar-refractivity contribution in [2.24, 2.45) is 17.8 Å². The van der Waals surface area contributed by atoms with Gasteiger partial charge in [-0.1, -0.05) is 30.3 Å². The predicted octanol–water partition coefficient (Wildman–Crippen LogP) is 6.24. The number of carbonyl (C=O) groups is 2. The maximum Gasteiger partial charge on any atom is 0.338 e. The fourth-order valence-corrected chi connectivity index (χ4v) is 7.33. The van der Waals surface area contributed by atoms with Gasteiger partial charge in [-0.05, 0) is 110 Å². The molecule has 0 radical (unpaired) electrons. The number of hydrogen-bond donors (Lipinski definition) is 1. The molecule has 196 valence electrons. The van der Waals surface area contributed by atoms with Crippen LogP contribution in [0.15, 0.2) is 72.8 Å². The molecular formula is C32H33NO5. The molecule has 3 aromatic carbocycles. The molecule has 6 nitrogen and oxygen atoms in total. The number of rotatable bonds is 8. The Morgan fingerprint density at radius 2 is 1.47 bits per heavy atom. The van der Waals surface area contributed by atoms with Crippen molar-refractivity contribution in [2.75, 3.05) is 7.11 Å². The Hall–Kier alpha value is -3.80. The lowest BCUT2D eigenvalue weighted by molar-refractivity contribution is -0.00630.